The highest BCUT2D eigenvalue weighted by atomic mass is 32.1. The number of aryl methyl sites for hydroxylation is 1. The Morgan fingerprint density at radius 3 is 2.38 bits per heavy atom. The third kappa shape index (κ3) is 4.56. The molecule has 0 saturated heterocycles. The van der Waals surface area contributed by atoms with E-state index in [4.69, 9.17) is 4.98 Å². The van der Waals surface area contributed by atoms with Crippen molar-refractivity contribution in [3.05, 3.63) is 110 Å². The fourth-order valence-corrected chi connectivity index (χ4v) is 6.30. The van der Waals surface area contributed by atoms with Crippen LogP contribution in [0, 0.1) is 0 Å². The van der Waals surface area contributed by atoms with Crippen LogP contribution in [0.4, 0.5) is 0 Å². The molecule has 0 aliphatic carbocycles. The van der Waals surface area contributed by atoms with Gasteiger partial charge in [-0.1, -0.05) is 36.4 Å². The van der Waals surface area contributed by atoms with Crippen molar-refractivity contribution in [2.45, 2.75) is 32.7 Å². The molecule has 0 bridgehead atoms. The minimum atomic E-state index is -0.217. The van der Waals surface area contributed by atoms with Crippen LogP contribution in [0.3, 0.4) is 0 Å². The zero-order valence-electron chi connectivity index (χ0n) is 22.2. The monoisotopic (exact) mass is 550 g/mol. The predicted molar refractivity (Wildman–Crippen MR) is 154 cm³/mol. The van der Waals surface area contributed by atoms with Crippen molar-refractivity contribution in [3.8, 4) is 0 Å². The number of carbonyl (C=O) groups is 2. The van der Waals surface area contributed by atoms with Crippen LogP contribution in [-0.4, -0.2) is 41.1 Å². The first-order chi connectivity index (χ1) is 19.3. The molecule has 0 amide bonds. The summed E-state index contributed by atoms with van der Waals surface area (Å²) in [6.07, 6.45) is 4.07. The number of thiazole rings is 1. The normalized spacial score (nSPS) is 12.3. The molecule has 4 heterocycles. The maximum Gasteiger partial charge on any atom is 0.291 e. The molecule has 0 spiro atoms. The van der Waals surface area contributed by atoms with Crippen molar-refractivity contribution < 1.29 is 9.59 Å². The molecule has 1 unspecified atom stereocenters. The second kappa shape index (κ2) is 10.1. The molecule has 2 aromatic carbocycles. The van der Waals surface area contributed by atoms with Gasteiger partial charge in [0, 0.05) is 35.5 Å². The number of hydrogen-bond acceptors (Lipinski definition) is 7. The molecule has 6 rings (SSSR count). The van der Waals surface area contributed by atoms with Crippen LogP contribution in [0.15, 0.2) is 71.8 Å². The van der Waals surface area contributed by atoms with Crippen LogP contribution < -0.4 is 5.56 Å². The molecular formula is C30H26N6O3S. The summed E-state index contributed by atoms with van der Waals surface area (Å²) < 4.78 is 4.14. The van der Waals surface area contributed by atoms with E-state index in [0.717, 1.165) is 31.9 Å². The number of H-pyrrole nitrogens is 1. The lowest BCUT2D eigenvalue weighted by Gasteiger charge is -2.13. The number of nitrogens with one attached hydrogen (secondary N) is 1. The number of Topliss-reactive ketones (excluding diaryl/α,β-unsaturated/α-hetero) is 2. The van der Waals surface area contributed by atoms with E-state index in [9.17, 15) is 14.4 Å². The second-order valence-corrected chi connectivity index (χ2v) is 10.9. The van der Waals surface area contributed by atoms with E-state index in [1.54, 1.807) is 31.5 Å². The van der Waals surface area contributed by atoms with E-state index in [0.29, 0.717) is 28.7 Å². The van der Waals surface area contributed by atoms with Crippen molar-refractivity contribution in [1.82, 2.24) is 29.5 Å². The molecule has 200 valence electrons. The van der Waals surface area contributed by atoms with Crippen molar-refractivity contribution in [3.63, 3.8) is 0 Å². The Bertz CT molecular complexity index is 1960. The van der Waals surface area contributed by atoms with Crippen LogP contribution in [0.2, 0.25) is 0 Å². The molecule has 0 fully saturated rings. The topological polar surface area (TPSA) is 116 Å². The Kier molecular flexibility index (Phi) is 6.47. The van der Waals surface area contributed by atoms with Gasteiger partial charge >= 0.3 is 0 Å². The van der Waals surface area contributed by atoms with Gasteiger partial charge in [-0.15, -0.1) is 11.3 Å². The number of fused-ring (bicyclic) bond motifs is 3. The first-order valence-corrected chi connectivity index (χ1v) is 13.7. The van der Waals surface area contributed by atoms with E-state index in [-0.39, 0.29) is 29.6 Å². The molecule has 0 radical (unpaired) electrons. The van der Waals surface area contributed by atoms with Gasteiger partial charge in [0.25, 0.3) is 5.56 Å². The number of benzene rings is 2. The Labute approximate surface area is 233 Å². The van der Waals surface area contributed by atoms with E-state index < -0.39 is 0 Å². The molecule has 4 aromatic heterocycles. The summed E-state index contributed by atoms with van der Waals surface area (Å²) in [6.45, 7) is 3.34. The molecule has 10 heteroatoms. The SMILES string of the molecule is CC(=O)c1cccc(CC(c2ccn[nH]2)c2nc3c(s2)c2cnn(Cc4cccc(C(C)=O)c4)c(=O)c2n3C)c1. The third-order valence-corrected chi connectivity index (χ3v) is 8.37. The van der Waals surface area contributed by atoms with Gasteiger partial charge in [0.2, 0.25) is 0 Å². The molecule has 0 saturated carbocycles. The highest BCUT2D eigenvalue weighted by molar-refractivity contribution is 7.19. The van der Waals surface area contributed by atoms with Gasteiger partial charge < -0.3 is 4.57 Å². The minimum absolute atomic E-state index is 0.0242. The van der Waals surface area contributed by atoms with Crippen LogP contribution >= 0.6 is 11.3 Å². The van der Waals surface area contributed by atoms with Crippen molar-refractivity contribution in [2.75, 3.05) is 0 Å². The Morgan fingerprint density at radius 1 is 1.00 bits per heavy atom. The van der Waals surface area contributed by atoms with Crippen molar-refractivity contribution in [1.29, 1.82) is 0 Å². The average molecular weight is 551 g/mol. The summed E-state index contributed by atoms with van der Waals surface area (Å²) in [6, 6.07) is 16.8. The van der Waals surface area contributed by atoms with Gasteiger partial charge in [-0.3, -0.25) is 19.5 Å². The van der Waals surface area contributed by atoms with Crippen molar-refractivity contribution in [2.24, 2.45) is 7.05 Å². The number of nitrogens with zero attached hydrogens (tertiary/aromatic N) is 5. The molecular weight excluding hydrogens is 524 g/mol. The third-order valence-electron chi connectivity index (χ3n) is 7.18. The molecule has 1 atom stereocenters. The van der Waals surface area contributed by atoms with E-state index in [2.05, 4.69) is 15.3 Å². The van der Waals surface area contributed by atoms with Gasteiger partial charge in [-0.25, -0.2) is 9.67 Å². The Morgan fingerprint density at radius 2 is 1.70 bits per heavy atom. The van der Waals surface area contributed by atoms with E-state index in [1.165, 1.54) is 22.9 Å². The summed E-state index contributed by atoms with van der Waals surface area (Å²) in [5, 5.41) is 13.3. The van der Waals surface area contributed by atoms with Gasteiger partial charge in [0.05, 0.1) is 23.4 Å². The van der Waals surface area contributed by atoms with Gasteiger partial charge in [0.15, 0.2) is 17.2 Å². The number of aromatic nitrogens is 6. The average Bonchev–Trinajstić information content (AvgIpc) is 3.68. The van der Waals surface area contributed by atoms with Crippen molar-refractivity contribution >= 4 is 44.2 Å². The van der Waals surface area contributed by atoms with Gasteiger partial charge in [-0.05, 0) is 49.6 Å². The first kappa shape index (κ1) is 25.6. The second-order valence-electron chi connectivity index (χ2n) is 9.92. The summed E-state index contributed by atoms with van der Waals surface area (Å²) in [5.74, 6) is -0.114. The largest absolute Gasteiger partial charge is 0.323 e. The summed E-state index contributed by atoms with van der Waals surface area (Å²) in [7, 11) is 1.85. The lowest BCUT2D eigenvalue weighted by molar-refractivity contribution is 0.100. The van der Waals surface area contributed by atoms with E-state index in [1.807, 2.05) is 54.1 Å². The van der Waals surface area contributed by atoms with E-state index >= 15 is 0 Å². The fraction of sp³-hybridized carbons (Fsp3) is 0.200. The number of ketones is 2. The summed E-state index contributed by atoms with van der Waals surface area (Å²) >= 11 is 1.54. The smallest absolute Gasteiger partial charge is 0.291 e. The summed E-state index contributed by atoms with van der Waals surface area (Å²) in [5.41, 5.74) is 5.08. The molecule has 9 nitrogen and oxygen atoms in total. The quantitative estimate of drug-likeness (QED) is 0.270. The predicted octanol–water partition coefficient (Wildman–Crippen LogP) is 4.90. The lowest BCUT2D eigenvalue weighted by atomic mass is 9.95. The van der Waals surface area contributed by atoms with Gasteiger partial charge in [0.1, 0.15) is 10.5 Å². The van der Waals surface area contributed by atoms with Crippen LogP contribution in [-0.2, 0) is 20.0 Å². The first-order valence-electron chi connectivity index (χ1n) is 12.8. The Hall–Kier alpha value is -4.70. The molecule has 0 aliphatic heterocycles. The van der Waals surface area contributed by atoms with Crippen LogP contribution in [0.5, 0.6) is 0 Å². The zero-order valence-corrected chi connectivity index (χ0v) is 23.0. The number of rotatable bonds is 8. The van der Waals surface area contributed by atoms with Crippen LogP contribution in [0.25, 0.3) is 21.3 Å². The standard InChI is InChI=1S/C30H26N6O3S/c1-17(37)21-8-4-6-19(12-21)14-23(25-10-11-31-34-25)29-33-28-27(40-29)24-15-32-36(30(39)26(24)35(28)3)16-20-7-5-9-22(13-20)18(2)38/h4-13,15,23H,14,16H2,1-3H3,(H,31,34). The Balaban J connectivity index is 1.40. The highest BCUT2D eigenvalue weighted by Gasteiger charge is 2.25. The maximum absolute atomic E-state index is 13.5. The number of carbonyl (C=O) groups excluding carboxylic acids is 2. The van der Waals surface area contributed by atoms with Gasteiger partial charge in [-0.2, -0.15) is 10.2 Å². The molecule has 0 aliphatic rings. The maximum atomic E-state index is 13.5. The zero-order chi connectivity index (χ0) is 28.0. The van der Waals surface area contributed by atoms with Crippen LogP contribution in [0.1, 0.15) is 62.3 Å². The number of aromatic amines is 1. The fourth-order valence-electron chi connectivity index (χ4n) is 5.07. The number of hydrogen-bond donors (Lipinski definition) is 1. The highest BCUT2D eigenvalue weighted by Crippen LogP contribution is 2.37. The molecule has 6 aromatic rings. The molecule has 40 heavy (non-hydrogen) atoms. The lowest BCUT2D eigenvalue weighted by Crippen LogP contribution is -2.24. The minimum Gasteiger partial charge on any atom is -0.323 e. The molecule has 1 N–H and O–H groups in total. The summed E-state index contributed by atoms with van der Waals surface area (Å²) in [4.78, 5) is 42.3.